The van der Waals surface area contributed by atoms with Crippen LogP contribution in [0.25, 0.3) is 16.8 Å². The van der Waals surface area contributed by atoms with Crippen molar-refractivity contribution >= 4 is 17.6 Å². The lowest BCUT2D eigenvalue weighted by Crippen LogP contribution is -2.11. The molecule has 0 saturated heterocycles. The normalized spacial score (nSPS) is 10.5. The van der Waals surface area contributed by atoms with Crippen molar-refractivity contribution in [3.8, 4) is 16.8 Å². The number of carbonyl (C=O) groups is 1. The van der Waals surface area contributed by atoms with Crippen LogP contribution in [0.15, 0.2) is 54.7 Å². The van der Waals surface area contributed by atoms with E-state index in [9.17, 15) is 4.79 Å². The van der Waals surface area contributed by atoms with Gasteiger partial charge in [-0.3, -0.25) is 0 Å². The smallest absolute Gasteiger partial charge is 0.358 e. The molecule has 0 N–H and O–H groups in total. The summed E-state index contributed by atoms with van der Waals surface area (Å²) in [5.41, 5.74) is 2.95. The van der Waals surface area contributed by atoms with Crippen molar-refractivity contribution in [3.05, 3.63) is 65.4 Å². The van der Waals surface area contributed by atoms with Crippen LogP contribution in [0, 0.1) is 0 Å². The fraction of sp³-hybridized carbons (Fsp3) is 0.118. The molecule has 0 aliphatic carbocycles. The van der Waals surface area contributed by atoms with Crippen LogP contribution >= 0.6 is 11.6 Å². The van der Waals surface area contributed by atoms with Gasteiger partial charge in [0.1, 0.15) is 0 Å². The zero-order valence-electron chi connectivity index (χ0n) is 12.4. The van der Waals surface area contributed by atoms with Crippen molar-refractivity contribution in [1.29, 1.82) is 0 Å². The van der Waals surface area contributed by atoms with Crippen molar-refractivity contribution in [1.82, 2.24) is 15.0 Å². The molecule has 2 aromatic carbocycles. The van der Waals surface area contributed by atoms with Gasteiger partial charge in [-0.1, -0.05) is 47.1 Å². The van der Waals surface area contributed by atoms with E-state index in [1.807, 2.05) is 48.5 Å². The molecule has 0 spiro atoms. The van der Waals surface area contributed by atoms with Gasteiger partial charge in [-0.2, -0.15) is 0 Å². The van der Waals surface area contributed by atoms with Gasteiger partial charge in [0, 0.05) is 10.6 Å². The van der Waals surface area contributed by atoms with E-state index in [0.717, 1.165) is 16.8 Å². The van der Waals surface area contributed by atoms with Crippen LogP contribution in [0.3, 0.4) is 0 Å². The van der Waals surface area contributed by atoms with Crippen molar-refractivity contribution in [2.75, 3.05) is 6.61 Å². The van der Waals surface area contributed by atoms with Gasteiger partial charge < -0.3 is 4.74 Å². The number of ether oxygens (including phenoxy) is 1. The summed E-state index contributed by atoms with van der Waals surface area (Å²) in [7, 11) is 0. The summed E-state index contributed by atoms with van der Waals surface area (Å²) in [6, 6.07) is 15.2. The van der Waals surface area contributed by atoms with Crippen molar-refractivity contribution < 1.29 is 9.53 Å². The molecule has 0 atom stereocenters. The van der Waals surface area contributed by atoms with Crippen LogP contribution in [-0.2, 0) is 4.74 Å². The summed E-state index contributed by atoms with van der Waals surface area (Å²) in [5, 5.41) is 8.43. The lowest BCUT2D eigenvalue weighted by atomic mass is 10.1. The van der Waals surface area contributed by atoms with Crippen molar-refractivity contribution in [2.45, 2.75) is 6.92 Å². The van der Waals surface area contributed by atoms with E-state index in [0.29, 0.717) is 11.6 Å². The highest BCUT2D eigenvalue weighted by Crippen LogP contribution is 2.28. The summed E-state index contributed by atoms with van der Waals surface area (Å²) < 4.78 is 6.45. The number of aromatic nitrogens is 3. The third kappa shape index (κ3) is 3.10. The van der Waals surface area contributed by atoms with Crippen molar-refractivity contribution in [3.63, 3.8) is 0 Å². The Kier molecular flexibility index (Phi) is 4.39. The standard InChI is InChI=1S/C17H14ClN3O2/c1-2-23-17(22)16-11-19-20-21(16)13-9-7-12(8-10-13)14-5-3-4-6-15(14)18/h3-11H,2H2,1H3. The van der Waals surface area contributed by atoms with Crippen LogP contribution in [-0.4, -0.2) is 27.6 Å². The Hall–Kier alpha value is -2.66. The number of rotatable bonds is 4. The van der Waals surface area contributed by atoms with Gasteiger partial charge in [-0.15, -0.1) is 5.10 Å². The van der Waals surface area contributed by atoms with E-state index in [1.165, 1.54) is 10.9 Å². The Morgan fingerprint density at radius 2 is 1.91 bits per heavy atom. The largest absolute Gasteiger partial charge is 0.461 e. The fourth-order valence-electron chi connectivity index (χ4n) is 2.25. The fourth-order valence-corrected chi connectivity index (χ4v) is 2.49. The maximum atomic E-state index is 11.9. The Bertz CT molecular complexity index is 828. The molecule has 0 saturated carbocycles. The van der Waals surface area contributed by atoms with Crippen LogP contribution in [0.1, 0.15) is 17.4 Å². The second-order valence-corrected chi connectivity index (χ2v) is 5.19. The van der Waals surface area contributed by atoms with Gasteiger partial charge in [0.05, 0.1) is 18.5 Å². The monoisotopic (exact) mass is 327 g/mol. The predicted octanol–water partition coefficient (Wildman–Crippen LogP) is 3.76. The summed E-state index contributed by atoms with van der Waals surface area (Å²) in [5.74, 6) is -0.451. The molecular weight excluding hydrogens is 314 g/mol. The SMILES string of the molecule is CCOC(=O)c1cnnn1-c1ccc(-c2ccccc2Cl)cc1. The Morgan fingerprint density at radius 3 is 2.61 bits per heavy atom. The van der Waals surface area contributed by atoms with Gasteiger partial charge in [0.2, 0.25) is 0 Å². The van der Waals surface area contributed by atoms with E-state index in [-0.39, 0.29) is 5.69 Å². The molecule has 3 rings (SSSR count). The van der Waals surface area contributed by atoms with Crippen molar-refractivity contribution in [2.24, 2.45) is 0 Å². The first-order valence-electron chi connectivity index (χ1n) is 7.14. The van der Waals surface area contributed by atoms with E-state index < -0.39 is 5.97 Å². The Labute approximate surface area is 138 Å². The molecule has 23 heavy (non-hydrogen) atoms. The summed E-state index contributed by atoms with van der Waals surface area (Å²) in [4.78, 5) is 11.9. The minimum absolute atomic E-state index is 0.289. The molecule has 0 aliphatic heterocycles. The minimum Gasteiger partial charge on any atom is -0.461 e. The molecule has 0 radical (unpaired) electrons. The number of halogens is 1. The quantitative estimate of drug-likeness (QED) is 0.684. The first kappa shape index (κ1) is 15.2. The van der Waals surface area contributed by atoms with Gasteiger partial charge in [-0.05, 0) is 30.7 Å². The second-order valence-electron chi connectivity index (χ2n) is 4.78. The third-order valence-corrected chi connectivity index (χ3v) is 3.66. The Morgan fingerprint density at radius 1 is 1.17 bits per heavy atom. The third-order valence-electron chi connectivity index (χ3n) is 3.33. The van der Waals surface area contributed by atoms with Crippen LogP contribution in [0.4, 0.5) is 0 Å². The molecule has 0 fully saturated rings. The highest BCUT2D eigenvalue weighted by molar-refractivity contribution is 6.33. The minimum atomic E-state index is -0.451. The molecule has 6 heteroatoms. The maximum Gasteiger partial charge on any atom is 0.358 e. The average molecular weight is 328 g/mol. The first-order valence-corrected chi connectivity index (χ1v) is 7.51. The lowest BCUT2D eigenvalue weighted by Gasteiger charge is -2.08. The Balaban J connectivity index is 1.94. The summed E-state index contributed by atoms with van der Waals surface area (Å²) in [6.45, 7) is 2.06. The average Bonchev–Trinajstić information content (AvgIpc) is 3.05. The molecule has 1 aromatic heterocycles. The van der Waals surface area contributed by atoms with Crippen LogP contribution in [0.2, 0.25) is 5.02 Å². The number of benzene rings is 2. The molecule has 0 amide bonds. The second kappa shape index (κ2) is 6.62. The number of hydrogen-bond donors (Lipinski definition) is 0. The number of esters is 1. The predicted molar refractivity (Wildman–Crippen MR) is 87.8 cm³/mol. The zero-order valence-corrected chi connectivity index (χ0v) is 13.2. The highest BCUT2D eigenvalue weighted by Gasteiger charge is 2.15. The topological polar surface area (TPSA) is 57.0 Å². The molecule has 3 aromatic rings. The van der Waals surface area contributed by atoms with Gasteiger partial charge in [0.25, 0.3) is 0 Å². The van der Waals surface area contributed by atoms with E-state index >= 15 is 0 Å². The van der Waals surface area contributed by atoms with E-state index in [2.05, 4.69) is 10.3 Å². The zero-order chi connectivity index (χ0) is 16.2. The maximum absolute atomic E-state index is 11.9. The van der Waals surface area contributed by atoms with Gasteiger partial charge in [-0.25, -0.2) is 9.48 Å². The molecule has 0 unspecified atom stereocenters. The molecule has 1 heterocycles. The highest BCUT2D eigenvalue weighted by atomic mass is 35.5. The first-order chi connectivity index (χ1) is 11.2. The van der Waals surface area contributed by atoms with E-state index in [1.54, 1.807) is 6.92 Å². The molecular formula is C17H14ClN3O2. The van der Waals surface area contributed by atoms with Gasteiger partial charge in [0.15, 0.2) is 5.69 Å². The molecule has 116 valence electrons. The van der Waals surface area contributed by atoms with Crippen LogP contribution < -0.4 is 0 Å². The molecule has 0 aliphatic rings. The number of hydrogen-bond acceptors (Lipinski definition) is 4. The number of carbonyl (C=O) groups excluding carboxylic acids is 1. The van der Waals surface area contributed by atoms with E-state index in [4.69, 9.17) is 16.3 Å². The molecule has 5 nitrogen and oxygen atoms in total. The van der Waals surface area contributed by atoms with Crippen LogP contribution in [0.5, 0.6) is 0 Å². The molecule has 0 bridgehead atoms. The summed E-state index contributed by atoms with van der Waals surface area (Å²) >= 11 is 6.21. The summed E-state index contributed by atoms with van der Waals surface area (Å²) in [6.07, 6.45) is 1.39. The number of nitrogens with zero attached hydrogens (tertiary/aromatic N) is 3. The van der Waals surface area contributed by atoms with Gasteiger partial charge >= 0.3 is 5.97 Å². The lowest BCUT2D eigenvalue weighted by molar-refractivity contribution is 0.0515.